The molecule has 1 saturated carbocycles. The third-order valence-corrected chi connectivity index (χ3v) is 3.86. The van der Waals surface area contributed by atoms with Gasteiger partial charge in [0, 0.05) is 6.04 Å². The SMILES string of the molecule is CCC(NCC1CCCC1C(=O)O)C(C)C. The van der Waals surface area contributed by atoms with E-state index in [0.29, 0.717) is 17.9 Å². The molecule has 0 heterocycles. The van der Waals surface area contributed by atoms with Crippen molar-refractivity contribution in [3.05, 3.63) is 0 Å². The Morgan fingerprint density at radius 3 is 2.62 bits per heavy atom. The number of aliphatic carboxylic acids is 1. The van der Waals surface area contributed by atoms with Crippen LogP contribution in [0.25, 0.3) is 0 Å². The zero-order valence-corrected chi connectivity index (χ0v) is 10.7. The van der Waals surface area contributed by atoms with Gasteiger partial charge in [-0.05, 0) is 37.6 Å². The Morgan fingerprint density at radius 2 is 2.12 bits per heavy atom. The van der Waals surface area contributed by atoms with E-state index in [9.17, 15) is 4.79 Å². The van der Waals surface area contributed by atoms with E-state index < -0.39 is 5.97 Å². The second-order valence-corrected chi connectivity index (χ2v) is 5.30. The fourth-order valence-corrected chi connectivity index (χ4v) is 2.76. The number of hydrogen-bond donors (Lipinski definition) is 2. The van der Waals surface area contributed by atoms with Gasteiger partial charge in [-0.25, -0.2) is 0 Å². The molecule has 1 fully saturated rings. The Kier molecular flexibility index (Phi) is 5.26. The number of carbonyl (C=O) groups is 1. The molecule has 0 radical (unpaired) electrons. The van der Waals surface area contributed by atoms with Crippen molar-refractivity contribution in [2.24, 2.45) is 17.8 Å². The summed E-state index contributed by atoms with van der Waals surface area (Å²) in [6.45, 7) is 7.48. The van der Waals surface area contributed by atoms with Crippen molar-refractivity contribution in [3.8, 4) is 0 Å². The first kappa shape index (κ1) is 13.5. The van der Waals surface area contributed by atoms with E-state index in [1.165, 1.54) is 0 Å². The summed E-state index contributed by atoms with van der Waals surface area (Å²) in [5.41, 5.74) is 0. The second kappa shape index (κ2) is 6.24. The monoisotopic (exact) mass is 227 g/mol. The molecule has 3 nitrogen and oxygen atoms in total. The zero-order chi connectivity index (χ0) is 12.1. The molecule has 0 aromatic rings. The van der Waals surface area contributed by atoms with Gasteiger partial charge >= 0.3 is 5.97 Å². The minimum Gasteiger partial charge on any atom is -0.481 e. The fourth-order valence-electron chi connectivity index (χ4n) is 2.76. The van der Waals surface area contributed by atoms with Crippen molar-refractivity contribution >= 4 is 5.97 Å². The topological polar surface area (TPSA) is 49.3 Å². The van der Waals surface area contributed by atoms with Gasteiger partial charge in [0.25, 0.3) is 0 Å². The molecule has 16 heavy (non-hydrogen) atoms. The Bertz CT molecular complexity index is 228. The van der Waals surface area contributed by atoms with Crippen LogP contribution in [-0.4, -0.2) is 23.7 Å². The summed E-state index contributed by atoms with van der Waals surface area (Å²) in [5.74, 6) is 0.235. The van der Waals surface area contributed by atoms with E-state index in [1.807, 2.05) is 0 Å². The normalized spacial score (nSPS) is 27.2. The maximum Gasteiger partial charge on any atom is 0.306 e. The largest absolute Gasteiger partial charge is 0.481 e. The highest BCUT2D eigenvalue weighted by Crippen LogP contribution is 2.31. The summed E-state index contributed by atoms with van der Waals surface area (Å²) in [6, 6.07) is 0.523. The van der Waals surface area contributed by atoms with Gasteiger partial charge in [-0.1, -0.05) is 27.2 Å². The van der Waals surface area contributed by atoms with E-state index in [2.05, 4.69) is 26.1 Å². The summed E-state index contributed by atoms with van der Waals surface area (Å²) in [4.78, 5) is 11.0. The molecule has 0 aromatic heterocycles. The van der Waals surface area contributed by atoms with Gasteiger partial charge < -0.3 is 10.4 Å². The van der Waals surface area contributed by atoms with Crippen LogP contribution in [-0.2, 0) is 4.79 Å². The first-order valence-corrected chi connectivity index (χ1v) is 6.52. The Hall–Kier alpha value is -0.570. The average Bonchev–Trinajstić information content (AvgIpc) is 2.66. The van der Waals surface area contributed by atoms with Gasteiger partial charge in [-0.2, -0.15) is 0 Å². The van der Waals surface area contributed by atoms with E-state index >= 15 is 0 Å². The summed E-state index contributed by atoms with van der Waals surface area (Å²) in [7, 11) is 0. The Labute approximate surface area is 98.6 Å². The standard InChI is InChI=1S/C13H25NO2/c1-4-12(9(2)3)14-8-10-6-5-7-11(10)13(15)16/h9-12,14H,4-8H2,1-3H3,(H,15,16). The average molecular weight is 227 g/mol. The molecular weight excluding hydrogens is 202 g/mol. The highest BCUT2D eigenvalue weighted by atomic mass is 16.4. The summed E-state index contributed by atoms with van der Waals surface area (Å²) in [5, 5.41) is 12.6. The van der Waals surface area contributed by atoms with Crippen LogP contribution in [0.1, 0.15) is 46.5 Å². The van der Waals surface area contributed by atoms with E-state index in [0.717, 1.165) is 32.2 Å². The van der Waals surface area contributed by atoms with Gasteiger partial charge in [0.2, 0.25) is 0 Å². The van der Waals surface area contributed by atoms with Crippen molar-refractivity contribution < 1.29 is 9.90 Å². The Morgan fingerprint density at radius 1 is 1.44 bits per heavy atom. The lowest BCUT2D eigenvalue weighted by Crippen LogP contribution is -2.38. The zero-order valence-electron chi connectivity index (χ0n) is 10.7. The molecule has 1 aliphatic rings. The molecule has 0 spiro atoms. The van der Waals surface area contributed by atoms with Crippen molar-refractivity contribution in [2.45, 2.75) is 52.5 Å². The molecule has 3 atom stereocenters. The van der Waals surface area contributed by atoms with E-state index in [-0.39, 0.29) is 5.92 Å². The smallest absolute Gasteiger partial charge is 0.306 e. The quantitative estimate of drug-likeness (QED) is 0.733. The number of rotatable bonds is 6. The molecule has 3 heteroatoms. The van der Waals surface area contributed by atoms with Crippen molar-refractivity contribution in [2.75, 3.05) is 6.54 Å². The third-order valence-electron chi connectivity index (χ3n) is 3.86. The molecule has 1 rings (SSSR count). The highest BCUT2D eigenvalue weighted by molar-refractivity contribution is 5.70. The minimum absolute atomic E-state index is 0.114. The van der Waals surface area contributed by atoms with Gasteiger partial charge in [0.15, 0.2) is 0 Å². The molecule has 0 bridgehead atoms. The van der Waals surface area contributed by atoms with Crippen LogP contribution < -0.4 is 5.32 Å². The molecule has 3 unspecified atom stereocenters. The summed E-state index contributed by atoms with van der Waals surface area (Å²) in [6.07, 6.45) is 4.11. The van der Waals surface area contributed by atoms with Crippen molar-refractivity contribution in [1.82, 2.24) is 5.32 Å². The molecule has 2 N–H and O–H groups in total. The Balaban J connectivity index is 2.39. The first-order chi connectivity index (χ1) is 7.56. The van der Waals surface area contributed by atoms with Crippen LogP contribution in [0, 0.1) is 17.8 Å². The fraction of sp³-hybridized carbons (Fsp3) is 0.923. The highest BCUT2D eigenvalue weighted by Gasteiger charge is 2.32. The summed E-state index contributed by atoms with van der Waals surface area (Å²) < 4.78 is 0. The predicted octanol–water partition coefficient (Wildman–Crippen LogP) is 2.51. The number of hydrogen-bond acceptors (Lipinski definition) is 2. The molecular formula is C13H25NO2. The van der Waals surface area contributed by atoms with Crippen LogP contribution in [0.2, 0.25) is 0 Å². The van der Waals surface area contributed by atoms with E-state index in [4.69, 9.17) is 5.11 Å². The van der Waals surface area contributed by atoms with E-state index in [1.54, 1.807) is 0 Å². The molecule has 0 amide bonds. The third kappa shape index (κ3) is 3.48. The van der Waals surface area contributed by atoms with Crippen LogP contribution in [0.15, 0.2) is 0 Å². The van der Waals surface area contributed by atoms with Crippen LogP contribution in [0.3, 0.4) is 0 Å². The summed E-state index contributed by atoms with van der Waals surface area (Å²) >= 11 is 0. The first-order valence-electron chi connectivity index (χ1n) is 6.52. The second-order valence-electron chi connectivity index (χ2n) is 5.30. The van der Waals surface area contributed by atoms with Gasteiger partial charge in [-0.3, -0.25) is 4.79 Å². The van der Waals surface area contributed by atoms with Crippen molar-refractivity contribution in [3.63, 3.8) is 0 Å². The van der Waals surface area contributed by atoms with Crippen molar-refractivity contribution in [1.29, 1.82) is 0 Å². The van der Waals surface area contributed by atoms with Gasteiger partial charge in [0.05, 0.1) is 5.92 Å². The number of nitrogens with one attached hydrogen (secondary N) is 1. The maximum absolute atomic E-state index is 11.0. The van der Waals surface area contributed by atoms with Crippen LogP contribution in [0.5, 0.6) is 0 Å². The molecule has 0 aliphatic heterocycles. The lowest BCUT2D eigenvalue weighted by atomic mass is 9.94. The van der Waals surface area contributed by atoms with Gasteiger partial charge in [-0.15, -0.1) is 0 Å². The lowest BCUT2D eigenvalue weighted by molar-refractivity contribution is -0.142. The van der Waals surface area contributed by atoms with Crippen LogP contribution in [0.4, 0.5) is 0 Å². The van der Waals surface area contributed by atoms with Gasteiger partial charge in [0.1, 0.15) is 0 Å². The molecule has 94 valence electrons. The molecule has 0 aromatic carbocycles. The minimum atomic E-state index is -0.609. The molecule has 1 aliphatic carbocycles. The molecule has 0 saturated heterocycles. The van der Waals surface area contributed by atoms with Crippen LogP contribution >= 0.6 is 0 Å². The number of carboxylic acids is 1. The maximum atomic E-state index is 11.0. The number of carboxylic acid groups (broad SMARTS) is 1. The lowest BCUT2D eigenvalue weighted by Gasteiger charge is -2.24. The predicted molar refractivity (Wildman–Crippen MR) is 65.4 cm³/mol.